The summed E-state index contributed by atoms with van der Waals surface area (Å²) in [5.74, 6) is 0.517. The molecule has 142 valence electrons. The van der Waals surface area contributed by atoms with Crippen molar-refractivity contribution in [3.63, 3.8) is 0 Å². The Morgan fingerprint density at radius 1 is 1.08 bits per heavy atom. The van der Waals surface area contributed by atoms with Gasteiger partial charge in [-0.2, -0.15) is 0 Å². The highest BCUT2D eigenvalue weighted by atomic mass is 35.5. The van der Waals surface area contributed by atoms with Crippen molar-refractivity contribution in [2.75, 3.05) is 26.0 Å². The zero-order chi connectivity index (χ0) is 18.8. The SMILES string of the molecule is CCC(CCNCCc1ccc(Cl)cc1)(CS(=O)c1ccccc1)OC. The van der Waals surface area contributed by atoms with Crippen LogP contribution in [0.3, 0.4) is 0 Å². The number of methoxy groups -OCH3 is 1. The van der Waals surface area contributed by atoms with Crippen LogP contribution in [0, 0.1) is 0 Å². The molecule has 0 aliphatic carbocycles. The second kappa shape index (κ2) is 10.8. The van der Waals surface area contributed by atoms with Crippen LogP contribution in [0.25, 0.3) is 0 Å². The molecule has 2 unspecified atom stereocenters. The van der Waals surface area contributed by atoms with Gasteiger partial charge in [-0.25, -0.2) is 0 Å². The molecule has 0 aliphatic heterocycles. The molecule has 0 fully saturated rings. The maximum atomic E-state index is 12.7. The van der Waals surface area contributed by atoms with E-state index in [0.717, 1.165) is 42.3 Å². The van der Waals surface area contributed by atoms with E-state index in [1.54, 1.807) is 7.11 Å². The third-order valence-electron chi connectivity index (χ3n) is 4.74. The van der Waals surface area contributed by atoms with Crippen LogP contribution >= 0.6 is 11.6 Å². The number of nitrogens with one attached hydrogen (secondary N) is 1. The van der Waals surface area contributed by atoms with Crippen molar-refractivity contribution in [1.82, 2.24) is 5.32 Å². The number of hydrogen-bond donors (Lipinski definition) is 1. The van der Waals surface area contributed by atoms with Crippen molar-refractivity contribution in [1.29, 1.82) is 0 Å². The molecule has 5 heteroatoms. The number of halogens is 1. The molecule has 0 heterocycles. The maximum absolute atomic E-state index is 12.7. The lowest BCUT2D eigenvalue weighted by Crippen LogP contribution is -2.40. The van der Waals surface area contributed by atoms with Crippen molar-refractivity contribution >= 4 is 22.4 Å². The Balaban J connectivity index is 1.81. The van der Waals surface area contributed by atoms with E-state index < -0.39 is 10.8 Å². The molecule has 2 aromatic carbocycles. The van der Waals surface area contributed by atoms with Crippen LogP contribution in [0.4, 0.5) is 0 Å². The smallest absolute Gasteiger partial charge is 0.0806 e. The normalized spacial score (nSPS) is 14.7. The summed E-state index contributed by atoms with van der Waals surface area (Å²) in [5, 5.41) is 4.24. The quantitative estimate of drug-likeness (QED) is 0.572. The molecule has 0 spiro atoms. The van der Waals surface area contributed by atoms with Gasteiger partial charge in [0.15, 0.2) is 0 Å². The molecule has 0 aromatic heterocycles. The van der Waals surface area contributed by atoms with Crippen LogP contribution in [0.15, 0.2) is 59.5 Å². The van der Waals surface area contributed by atoms with Crippen LogP contribution in [0.2, 0.25) is 5.02 Å². The van der Waals surface area contributed by atoms with Gasteiger partial charge >= 0.3 is 0 Å². The van der Waals surface area contributed by atoms with Crippen LogP contribution in [0.5, 0.6) is 0 Å². The summed E-state index contributed by atoms with van der Waals surface area (Å²) in [4.78, 5) is 0.859. The number of rotatable bonds is 11. The standard InChI is InChI=1S/C21H28ClNO2S/c1-3-21(25-2,17-26(24)20-7-5-4-6-8-20)14-16-23-15-13-18-9-11-19(22)12-10-18/h4-12,23H,3,13-17H2,1-2H3. The topological polar surface area (TPSA) is 38.3 Å². The minimum Gasteiger partial charge on any atom is -0.377 e. The molecule has 2 atom stereocenters. The van der Waals surface area contributed by atoms with Gasteiger partial charge in [0.05, 0.1) is 22.2 Å². The highest BCUT2D eigenvalue weighted by Gasteiger charge is 2.30. The summed E-state index contributed by atoms with van der Waals surface area (Å²) in [6, 6.07) is 17.6. The van der Waals surface area contributed by atoms with E-state index in [2.05, 4.69) is 24.4 Å². The highest BCUT2D eigenvalue weighted by Crippen LogP contribution is 2.23. The van der Waals surface area contributed by atoms with Gasteiger partial charge in [0.1, 0.15) is 0 Å². The van der Waals surface area contributed by atoms with Crippen molar-refractivity contribution in [3.05, 3.63) is 65.2 Å². The van der Waals surface area contributed by atoms with Crippen molar-refractivity contribution in [2.24, 2.45) is 0 Å². The van der Waals surface area contributed by atoms with Gasteiger partial charge in [-0.15, -0.1) is 0 Å². The molecule has 0 saturated heterocycles. The third kappa shape index (κ3) is 6.51. The minimum atomic E-state index is -1.06. The lowest BCUT2D eigenvalue weighted by atomic mass is 9.98. The summed E-state index contributed by atoms with van der Waals surface area (Å²) in [6.45, 7) is 3.83. The molecule has 0 radical (unpaired) electrons. The van der Waals surface area contributed by atoms with Gasteiger partial charge in [0.25, 0.3) is 0 Å². The third-order valence-corrected chi connectivity index (χ3v) is 6.58. The Bertz CT molecular complexity index is 672. The Labute approximate surface area is 164 Å². The Morgan fingerprint density at radius 2 is 1.77 bits per heavy atom. The molecule has 2 aromatic rings. The van der Waals surface area contributed by atoms with Crippen LogP contribution in [0.1, 0.15) is 25.3 Å². The summed E-state index contributed by atoms with van der Waals surface area (Å²) in [6.07, 6.45) is 2.62. The Kier molecular flexibility index (Phi) is 8.79. The van der Waals surface area contributed by atoms with E-state index in [0.29, 0.717) is 5.75 Å². The second-order valence-corrected chi connectivity index (χ2v) is 8.31. The molecule has 0 amide bonds. The Hall–Kier alpha value is -1.20. The number of ether oxygens (including phenoxy) is 1. The summed E-state index contributed by atoms with van der Waals surface area (Å²) < 4.78 is 18.5. The molecule has 26 heavy (non-hydrogen) atoms. The zero-order valence-electron chi connectivity index (χ0n) is 15.5. The van der Waals surface area contributed by atoms with Crippen LogP contribution in [-0.4, -0.2) is 35.8 Å². The Morgan fingerprint density at radius 3 is 2.38 bits per heavy atom. The minimum absolute atomic E-state index is 0.367. The van der Waals surface area contributed by atoms with E-state index in [9.17, 15) is 4.21 Å². The largest absolute Gasteiger partial charge is 0.377 e. The highest BCUT2D eigenvalue weighted by molar-refractivity contribution is 7.85. The van der Waals surface area contributed by atoms with E-state index in [1.807, 2.05) is 42.5 Å². The summed E-state index contributed by atoms with van der Waals surface area (Å²) in [7, 11) is 0.665. The average Bonchev–Trinajstić information content (AvgIpc) is 2.69. The van der Waals surface area contributed by atoms with E-state index in [1.165, 1.54) is 5.56 Å². The van der Waals surface area contributed by atoms with E-state index in [4.69, 9.17) is 16.3 Å². The van der Waals surface area contributed by atoms with Gasteiger partial charge in [0.2, 0.25) is 0 Å². The number of hydrogen-bond acceptors (Lipinski definition) is 3. The molecule has 2 rings (SSSR count). The predicted octanol–water partition coefficient (Wildman–Crippen LogP) is 4.47. The zero-order valence-corrected chi connectivity index (χ0v) is 17.1. The van der Waals surface area contributed by atoms with Gasteiger partial charge in [-0.3, -0.25) is 4.21 Å². The van der Waals surface area contributed by atoms with Gasteiger partial charge in [-0.05, 0) is 62.2 Å². The fourth-order valence-corrected chi connectivity index (χ4v) is 4.57. The van der Waals surface area contributed by atoms with E-state index >= 15 is 0 Å². The first-order valence-electron chi connectivity index (χ1n) is 9.02. The molecule has 0 bridgehead atoms. The molecule has 0 saturated carbocycles. The molecule has 3 nitrogen and oxygen atoms in total. The predicted molar refractivity (Wildman–Crippen MR) is 110 cm³/mol. The molecular weight excluding hydrogens is 366 g/mol. The lowest BCUT2D eigenvalue weighted by molar-refractivity contribution is -0.000111. The number of benzene rings is 2. The van der Waals surface area contributed by atoms with Gasteiger partial charge < -0.3 is 10.1 Å². The van der Waals surface area contributed by atoms with E-state index in [-0.39, 0.29) is 5.60 Å². The molecule has 0 aliphatic rings. The monoisotopic (exact) mass is 393 g/mol. The molecule has 1 N–H and O–H groups in total. The van der Waals surface area contributed by atoms with Crippen molar-refractivity contribution < 1.29 is 8.95 Å². The maximum Gasteiger partial charge on any atom is 0.0806 e. The van der Waals surface area contributed by atoms with Crippen molar-refractivity contribution in [2.45, 2.75) is 36.7 Å². The van der Waals surface area contributed by atoms with Crippen LogP contribution in [-0.2, 0) is 22.0 Å². The lowest BCUT2D eigenvalue weighted by Gasteiger charge is -2.31. The second-order valence-electron chi connectivity index (χ2n) is 6.42. The first-order chi connectivity index (χ1) is 12.6. The van der Waals surface area contributed by atoms with Gasteiger partial charge in [-0.1, -0.05) is 48.9 Å². The summed E-state index contributed by atoms with van der Waals surface area (Å²) >= 11 is 5.91. The van der Waals surface area contributed by atoms with Gasteiger partial charge in [0, 0.05) is 17.0 Å². The first kappa shape index (κ1) is 21.1. The molecular formula is C21H28ClNO2S. The first-order valence-corrected chi connectivity index (χ1v) is 10.7. The van der Waals surface area contributed by atoms with Crippen molar-refractivity contribution in [3.8, 4) is 0 Å². The fourth-order valence-electron chi connectivity index (χ4n) is 2.88. The fraction of sp³-hybridized carbons (Fsp3) is 0.429. The van der Waals surface area contributed by atoms with Crippen LogP contribution < -0.4 is 5.32 Å². The summed E-state index contributed by atoms with van der Waals surface area (Å²) in [5.41, 5.74) is 0.897. The average molecular weight is 394 g/mol.